The van der Waals surface area contributed by atoms with Crippen molar-refractivity contribution in [2.24, 2.45) is 0 Å². The highest BCUT2D eigenvalue weighted by Crippen LogP contribution is 2.45. The van der Waals surface area contributed by atoms with Gasteiger partial charge in [-0.1, -0.05) is 344 Å². The summed E-state index contributed by atoms with van der Waals surface area (Å²) in [6.45, 7) is 2.39. The molecule has 5 atom stereocenters. The second kappa shape index (κ2) is 86.0. The van der Waals surface area contributed by atoms with Crippen LogP contribution in [0.15, 0.2) is 182 Å². The summed E-state index contributed by atoms with van der Waals surface area (Å²) in [4.78, 5) is 58.9. The van der Waals surface area contributed by atoms with Crippen LogP contribution in [-0.2, 0) is 55.8 Å². The molecule has 0 saturated carbocycles. The average Bonchev–Trinajstić information content (AvgIpc) is 0.901. The molecule has 0 aromatic rings. The minimum absolute atomic E-state index is 0.0427. The third-order valence-corrected chi connectivity index (χ3v) is 20.0. The Morgan fingerprint density at radius 3 is 0.761 bits per heavy atom. The summed E-state index contributed by atoms with van der Waals surface area (Å²) in [5, 5.41) is 20.7. The molecule has 0 aliphatic carbocycles. The van der Waals surface area contributed by atoms with Crippen molar-refractivity contribution in [2.45, 2.75) is 360 Å². The molecule has 0 aromatic carbocycles. The first kappa shape index (κ1) is 108. The van der Waals surface area contributed by atoms with Gasteiger partial charge in [-0.15, -0.1) is 0 Å². The van der Waals surface area contributed by atoms with Crippen molar-refractivity contribution in [3.8, 4) is 0 Å². The van der Waals surface area contributed by atoms with Gasteiger partial charge in [0.2, 0.25) is 0 Å². The van der Waals surface area contributed by atoms with Gasteiger partial charge in [0, 0.05) is 19.3 Å². The van der Waals surface area contributed by atoms with Gasteiger partial charge in [-0.05, 0) is 161 Å². The maximum atomic E-state index is 13.0. The van der Waals surface area contributed by atoms with Crippen LogP contribution in [-0.4, -0.2) is 95.9 Å². The first-order valence-electron chi connectivity index (χ1n) is 44.1. The predicted octanol–water partition coefficient (Wildman–Crippen LogP) is 26.9. The van der Waals surface area contributed by atoms with Crippen LogP contribution in [0.2, 0.25) is 0 Å². The maximum absolute atomic E-state index is 13.0. The van der Waals surface area contributed by atoms with E-state index in [1.807, 2.05) is 0 Å². The highest BCUT2D eigenvalue weighted by atomic mass is 31.2. The van der Waals surface area contributed by atoms with Crippen molar-refractivity contribution < 1.29 is 75.8 Å². The molecular weight excluding hydrogens is 1460 g/mol. The fraction of sp³-hybridized carbons (Fsp3) is 0.653. The van der Waals surface area contributed by atoms with Crippen LogP contribution in [0.25, 0.3) is 0 Å². The van der Waals surface area contributed by atoms with E-state index in [4.69, 9.17) is 32.3 Å². The van der Waals surface area contributed by atoms with E-state index in [-0.39, 0.29) is 19.3 Å². The Morgan fingerprint density at radius 2 is 0.469 bits per heavy atom. The van der Waals surface area contributed by atoms with Crippen LogP contribution in [0.4, 0.5) is 0 Å². The Bertz CT molecular complexity index is 2780. The van der Waals surface area contributed by atoms with Crippen molar-refractivity contribution in [1.82, 2.24) is 0 Å². The fourth-order valence-electron chi connectivity index (χ4n) is 11.5. The molecule has 16 nitrogen and oxygen atoms in total. The molecule has 0 aromatic heterocycles. The molecule has 5 unspecified atom stereocenters. The minimum Gasteiger partial charge on any atom is -0.463 e. The van der Waals surface area contributed by atoms with Crippen LogP contribution in [0.5, 0.6) is 0 Å². The molecule has 0 amide bonds. The van der Waals surface area contributed by atoms with Crippen LogP contribution in [0.3, 0.4) is 0 Å². The third kappa shape index (κ3) is 87.3. The van der Waals surface area contributed by atoms with Crippen LogP contribution in [0.1, 0.15) is 342 Å². The summed E-state index contributed by atoms with van der Waals surface area (Å²) in [6.07, 6.45) is 112. The number of hydrogen-bond acceptors (Lipinski definition) is 14. The second-order valence-corrected chi connectivity index (χ2v) is 31.8. The van der Waals surface area contributed by atoms with Gasteiger partial charge >= 0.3 is 33.6 Å². The molecule has 113 heavy (non-hydrogen) atoms. The van der Waals surface area contributed by atoms with E-state index in [2.05, 4.69) is 203 Å². The zero-order chi connectivity index (χ0) is 82.2. The molecule has 0 heterocycles. The van der Waals surface area contributed by atoms with E-state index >= 15 is 0 Å². The molecule has 18 heteroatoms. The summed E-state index contributed by atoms with van der Waals surface area (Å²) < 4.78 is 61.3. The largest absolute Gasteiger partial charge is 0.472 e. The molecule has 0 bridgehead atoms. The lowest BCUT2D eigenvalue weighted by Gasteiger charge is -2.21. The van der Waals surface area contributed by atoms with Crippen molar-refractivity contribution in [3.05, 3.63) is 182 Å². The van der Waals surface area contributed by atoms with Crippen molar-refractivity contribution in [1.29, 1.82) is 0 Å². The van der Waals surface area contributed by atoms with Gasteiger partial charge in [0.25, 0.3) is 0 Å². The molecule has 0 fully saturated rings. The van der Waals surface area contributed by atoms with Crippen molar-refractivity contribution in [3.63, 3.8) is 0 Å². The Morgan fingerprint density at radius 1 is 0.257 bits per heavy atom. The SMILES string of the molecule is CC/C=C\C/C=C\C/C=C\C/C=C\C/C=C\C/C=C\CCCCC(=O)OC(COC(=O)CCCCCCCCCCCCC/C=C\C/C=C\C/C=C\C/C=C\C/C=C\CC)COP(=O)(O)OCC(O)COP(=O)(O)OCC(O)COC(=O)CCCCCCCCCCCCCCC/C=C\C/C=C\C/C=C\C/C=C\CCCCC. The number of unbranched alkanes of at least 4 members (excludes halogenated alkanes) is 29. The van der Waals surface area contributed by atoms with Gasteiger partial charge in [0.05, 0.1) is 26.4 Å². The van der Waals surface area contributed by atoms with Gasteiger partial charge in [-0.25, -0.2) is 9.13 Å². The molecule has 0 radical (unpaired) electrons. The number of ether oxygens (including phenoxy) is 3. The topological polar surface area (TPSA) is 231 Å². The quantitative estimate of drug-likeness (QED) is 0.0146. The zero-order valence-electron chi connectivity index (χ0n) is 70.7. The third-order valence-electron chi connectivity index (χ3n) is 18.1. The number of carbonyl (C=O) groups excluding carboxylic acids is 3. The highest BCUT2D eigenvalue weighted by molar-refractivity contribution is 7.47. The lowest BCUT2D eigenvalue weighted by molar-refractivity contribution is -0.161. The number of aliphatic hydroxyl groups is 2. The second-order valence-electron chi connectivity index (χ2n) is 28.9. The lowest BCUT2D eigenvalue weighted by atomic mass is 10.0. The number of allylic oxidation sites excluding steroid dienone is 30. The Labute approximate surface area is 687 Å². The predicted molar refractivity (Wildman–Crippen MR) is 472 cm³/mol. The summed E-state index contributed by atoms with van der Waals surface area (Å²) in [5.41, 5.74) is 0. The number of phosphoric acid groups is 2. The van der Waals surface area contributed by atoms with E-state index in [0.717, 1.165) is 154 Å². The van der Waals surface area contributed by atoms with E-state index in [1.54, 1.807) is 0 Å². The highest BCUT2D eigenvalue weighted by Gasteiger charge is 2.29. The number of aliphatic hydroxyl groups excluding tert-OH is 2. The summed E-state index contributed by atoms with van der Waals surface area (Å²) in [6, 6.07) is 0. The molecule has 0 saturated heterocycles. The van der Waals surface area contributed by atoms with Gasteiger partial charge in [0.1, 0.15) is 25.4 Å². The summed E-state index contributed by atoms with van der Waals surface area (Å²) >= 11 is 0. The van der Waals surface area contributed by atoms with Gasteiger partial charge in [-0.3, -0.25) is 32.5 Å². The van der Waals surface area contributed by atoms with Crippen LogP contribution >= 0.6 is 15.6 Å². The Balaban J connectivity index is 4.66. The van der Waals surface area contributed by atoms with Crippen molar-refractivity contribution >= 4 is 33.6 Å². The number of carbonyl (C=O) groups is 3. The van der Waals surface area contributed by atoms with E-state index in [1.165, 1.54) is 122 Å². The normalized spacial score (nSPS) is 14.7. The molecular formula is C95H158O16P2. The minimum atomic E-state index is -4.96. The van der Waals surface area contributed by atoms with Crippen LogP contribution < -0.4 is 0 Å². The molecule has 0 rings (SSSR count). The first-order chi connectivity index (χ1) is 55.2. The molecule has 644 valence electrons. The molecule has 0 aliphatic heterocycles. The standard InChI is InChI=1S/C95H158O16P2/c1-4-7-10-13-16-19-22-25-28-31-34-37-39-41-43-44-46-48-49-52-54-57-60-63-66-69-72-75-78-81-93(98)105-84-90(96)85-107-112(101,102)108-86-91(97)87-109-113(103,104)110-89-92(111-95(100)83-80-77-74-71-68-65-62-59-56-51-36-33-30-27-24-21-18-15-12-9-6-3)88-106-94(99)82-79-76-73-70-67-64-61-58-55-53-50-47-45-42-40-38-35-32-29-26-23-20-17-14-11-8-5-2/h8-9,11-12,16-21,25-30,34-38,41-43,45,51,59,62,68,71,90-92,96-97H,4-7,10,13-15,22-24,31-33,39-40,44,46-50,52-58,60-61,63-67,69-70,72-89H2,1-3H3,(H,101,102)(H,103,104)/b11-8-,12-9-,19-16-,20-17-,21-18-,28-25-,29-26-,30-27-,37-34-,38-35-,43-41-,45-42-,51-36-,62-59-,71-68-. The van der Waals surface area contributed by atoms with Gasteiger partial charge < -0.3 is 34.2 Å². The number of phosphoric ester groups is 2. The van der Waals surface area contributed by atoms with Gasteiger partial charge in [0.15, 0.2) is 6.10 Å². The first-order valence-corrected chi connectivity index (χ1v) is 47.1. The van der Waals surface area contributed by atoms with E-state index < -0.39 is 91.5 Å². The Kier molecular flexibility index (Phi) is 81.9. The van der Waals surface area contributed by atoms with Gasteiger partial charge in [-0.2, -0.15) is 0 Å². The number of rotatable bonds is 82. The number of hydrogen-bond donors (Lipinski definition) is 4. The number of esters is 3. The summed E-state index contributed by atoms with van der Waals surface area (Å²) in [7, 11) is -9.83. The molecule has 0 aliphatic rings. The smallest absolute Gasteiger partial charge is 0.463 e. The van der Waals surface area contributed by atoms with Crippen molar-refractivity contribution in [2.75, 3.05) is 39.6 Å². The fourth-order valence-corrected chi connectivity index (χ4v) is 13.1. The molecule has 0 spiro atoms. The summed E-state index contributed by atoms with van der Waals surface area (Å²) in [5.74, 6) is -1.63. The van der Waals surface area contributed by atoms with E-state index in [0.29, 0.717) is 25.7 Å². The maximum Gasteiger partial charge on any atom is 0.472 e. The monoisotopic (exact) mass is 1620 g/mol. The lowest BCUT2D eigenvalue weighted by Crippen LogP contribution is -2.30. The Hall–Kier alpha value is -5.35. The average molecular weight is 1620 g/mol. The van der Waals surface area contributed by atoms with E-state index in [9.17, 15) is 43.5 Å². The molecule has 4 N–H and O–H groups in total. The van der Waals surface area contributed by atoms with Crippen LogP contribution in [0, 0.1) is 0 Å². The zero-order valence-corrected chi connectivity index (χ0v) is 72.5.